The van der Waals surface area contributed by atoms with E-state index in [4.69, 9.17) is 0 Å². The van der Waals surface area contributed by atoms with E-state index in [1.54, 1.807) is 0 Å². The van der Waals surface area contributed by atoms with E-state index in [1.807, 2.05) is 0 Å². The van der Waals surface area contributed by atoms with Gasteiger partial charge in [-0.1, -0.05) is 13.8 Å². The van der Waals surface area contributed by atoms with Crippen molar-refractivity contribution in [3.05, 3.63) is 0 Å². The molecular formula is C9H15F4NO4S. The number of hydrogen-bond acceptors (Lipinski definition) is 4. The molecule has 0 saturated carbocycles. The van der Waals surface area contributed by atoms with Crippen LogP contribution >= 0.6 is 0 Å². The Bertz CT molecular complexity index is 416. The van der Waals surface area contributed by atoms with E-state index in [-0.39, 0.29) is 0 Å². The van der Waals surface area contributed by atoms with E-state index in [2.05, 4.69) is 4.74 Å². The molecule has 0 aliphatic rings. The monoisotopic (exact) mass is 309 g/mol. The Morgan fingerprint density at radius 3 is 2.16 bits per heavy atom. The first-order valence-electron chi connectivity index (χ1n) is 5.15. The highest BCUT2D eigenvalue weighted by molar-refractivity contribution is 7.90. The van der Waals surface area contributed by atoms with Crippen molar-refractivity contribution in [3.8, 4) is 0 Å². The number of hydrogen-bond donors (Lipinski definition) is 1. The summed E-state index contributed by atoms with van der Waals surface area (Å²) >= 11 is 0. The fourth-order valence-corrected chi connectivity index (χ4v) is 1.55. The quantitative estimate of drug-likeness (QED) is 0.594. The number of alkyl halides is 4. The number of nitrogens with one attached hydrogen (secondary N) is 1. The fourth-order valence-electron chi connectivity index (χ4n) is 0.805. The van der Waals surface area contributed by atoms with E-state index in [1.165, 1.54) is 18.6 Å². The van der Waals surface area contributed by atoms with Gasteiger partial charge >= 0.3 is 21.5 Å². The second-order valence-electron chi connectivity index (χ2n) is 4.66. The molecule has 19 heavy (non-hydrogen) atoms. The van der Waals surface area contributed by atoms with Gasteiger partial charge in [-0.25, -0.2) is 22.3 Å². The molecule has 0 aliphatic heterocycles. The maximum absolute atomic E-state index is 12.5. The van der Waals surface area contributed by atoms with Gasteiger partial charge in [-0.05, 0) is 6.92 Å². The maximum Gasteiger partial charge on any atom is 0.511 e. The second-order valence-corrected chi connectivity index (χ2v) is 6.42. The summed E-state index contributed by atoms with van der Waals surface area (Å²) in [5.41, 5.74) is -6.52. The van der Waals surface area contributed by atoms with Gasteiger partial charge in [0.1, 0.15) is 0 Å². The molecule has 0 radical (unpaired) electrons. The van der Waals surface area contributed by atoms with Crippen LogP contribution in [0.5, 0.6) is 0 Å². The normalized spacial score (nSPS) is 15.1. The summed E-state index contributed by atoms with van der Waals surface area (Å²) in [5.74, 6) is -1.16. The molecule has 0 aromatic heterocycles. The van der Waals surface area contributed by atoms with Gasteiger partial charge in [0, 0.05) is 12.0 Å². The third-order valence-electron chi connectivity index (χ3n) is 1.98. The SMILES string of the molecule is CC(F)C(=O)OCC(C)(C)CNS(=O)(=O)C(F)(F)F. The first-order chi connectivity index (χ1) is 8.28. The predicted molar refractivity (Wildman–Crippen MR) is 58.3 cm³/mol. The molecule has 0 aliphatic carbocycles. The lowest BCUT2D eigenvalue weighted by atomic mass is 9.95. The van der Waals surface area contributed by atoms with Crippen LogP contribution in [0.1, 0.15) is 20.8 Å². The molecule has 5 nitrogen and oxygen atoms in total. The molecule has 0 amide bonds. The standard InChI is InChI=1S/C9H15F4NO4S/c1-6(10)7(15)18-5-8(2,3)4-14-19(16,17)9(11,12)13/h6,14H,4-5H2,1-3H3. The molecule has 0 heterocycles. The van der Waals surface area contributed by atoms with E-state index >= 15 is 0 Å². The van der Waals surface area contributed by atoms with Crippen molar-refractivity contribution in [1.29, 1.82) is 0 Å². The van der Waals surface area contributed by atoms with Crippen LogP contribution in [-0.4, -0.2) is 39.2 Å². The van der Waals surface area contributed by atoms with Gasteiger partial charge in [-0.2, -0.15) is 13.2 Å². The molecule has 0 aromatic rings. The van der Waals surface area contributed by atoms with Gasteiger partial charge in [0.25, 0.3) is 0 Å². The van der Waals surface area contributed by atoms with Crippen LogP contribution < -0.4 is 4.72 Å². The van der Waals surface area contributed by atoms with Gasteiger partial charge in [-0.3, -0.25) is 0 Å². The van der Waals surface area contributed by atoms with Crippen LogP contribution in [0.4, 0.5) is 17.6 Å². The largest absolute Gasteiger partial charge is 0.511 e. The lowest BCUT2D eigenvalue weighted by molar-refractivity contribution is -0.151. The number of halogens is 4. The Balaban J connectivity index is 4.44. The number of ether oxygens (including phenoxy) is 1. The van der Waals surface area contributed by atoms with Gasteiger partial charge in [0.15, 0.2) is 6.17 Å². The lowest BCUT2D eigenvalue weighted by Crippen LogP contribution is -2.43. The van der Waals surface area contributed by atoms with Crippen molar-refractivity contribution < 1.29 is 35.5 Å². The van der Waals surface area contributed by atoms with Gasteiger partial charge in [0.2, 0.25) is 0 Å². The van der Waals surface area contributed by atoms with Crippen molar-refractivity contribution in [2.45, 2.75) is 32.5 Å². The Kier molecular flexibility index (Phi) is 5.75. The summed E-state index contributed by atoms with van der Waals surface area (Å²) in [6.07, 6.45) is -1.86. The minimum Gasteiger partial charge on any atom is -0.463 e. The number of carbonyl (C=O) groups is 1. The molecule has 10 heteroatoms. The summed E-state index contributed by atoms with van der Waals surface area (Å²) in [6.45, 7) is 2.65. The van der Waals surface area contributed by atoms with Crippen LogP contribution in [-0.2, 0) is 19.6 Å². The zero-order valence-electron chi connectivity index (χ0n) is 10.5. The zero-order chi connectivity index (χ0) is 15.5. The van der Waals surface area contributed by atoms with Gasteiger partial charge in [0.05, 0.1) is 6.61 Å². The van der Waals surface area contributed by atoms with Crippen molar-refractivity contribution in [3.63, 3.8) is 0 Å². The van der Waals surface area contributed by atoms with E-state index in [0.29, 0.717) is 0 Å². The Morgan fingerprint density at radius 2 is 1.79 bits per heavy atom. The summed E-state index contributed by atoms with van der Waals surface area (Å²) in [6, 6.07) is 0. The number of esters is 1. The summed E-state index contributed by atoms with van der Waals surface area (Å²) < 4.78 is 75.9. The molecule has 114 valence electrons. The van der Waals surface area contributed by atoms with Crippen molar-refractivity contribution in [2.24, 2.45) is 5.41 Å². The van der Waals surface area contributed by atoms with E-state index in [9.17, 15) is 30.8 Å². The first-order valence-corrected chi connectivity index (χ1v) is 6.63. The smallest absolute Gasteiger partial charge is 0.463 e. The Morgan fingerprint density at radius 1 is 1.32 bits per heavy atom. The molecule has 0 saturated heterocycles. The minimum atomic E-state index is -5.45. The average Bonchev–Trinajstić information content (AvgIpc) is 2.22. The summed E-state index contributed by atoms with van der Waals surface area (Å²) in [4.78, 5) is 10.8. The fraction of sp³-hybridized carbons (Fsp3) is 0.889. The molecular weight excluding hydrogens is 294 g/mol. The maximum atomic E-state index is 12.5. The van der Waals surface area contributed by atoms with Crippen LogP contribution in [0, 0.1) is 5.41 Å². The first kappa shape index (κ1) is 18.1. The topological polar surface area (TPSA) is 72.5 Å². The van der Waals surface area contributed by atoms with Gasteiger partial charge in [-0.15, -0.1) is 0 Å². The number of rotatable bonds is 6. The highest BCUT2D eigenvalue weighted by Gasteiger charge is 2.46. The molecule has 0 rings (SSSR count). The third kappa shape index (κ3) is 6.19. The molecule has 1 N–H and O–H groups in total. The highest BCUT2D eigenvalue weighted by atomic mass is 32.2. The van der Waals surface area contributed by atoms with Crippen LogP contribution in [0.15, 0.2) is 0 Å². The second kappa shape index (κ2) is 6.04. The number of sulfonamides is 1. The van der Waals surface area contributed by atoms with Crippen molar-refractivity contribution in [1.82, 2.24) is 4.72 Å². The molecule has 0 aromatic carbocycles. The van der Waals surface area contributed by atoms with Crippen molar-refractivity contribution in [2.75, 3.05) is 13.2 Å². The molecule has 1 atom stereocenters. The lowest BCUT2D eigenvalue weighted by Gasteiger charge is -2.24. The molecule has 0 spiro atoms. The summed E-state index contributed by atoms with van der Waals surface area (Å²) in [5, 5.41) is 0. The van der Waals surface area contributed by atoms with Crippen molar-refractivity contribution >= 4 is 16.0 Å². The third-order valence-corrected chi connectivity index (χ3v) is 3.11. The van der Waals surface area contributed by atoms with Crippen LogP contribution in [0.25, 0.3) is 0 Å². The zero-order valence-corrected chi connectivity index (χ0v) is 11.4. The van der Waals surface area contributed by atoms with Crippen LogP contribution in [0.3, 0.4) is 0 Å². The molecule has 0 fully saturated rings. The molecule has 1 unspecified atom stereocenters. The average molecular weight is 309 g/mol. The predicted octanol–water partition coefficient (Wildman–Crippen LogP) is 1.35. The Labute approximate surface area is 108 Å². The minimum absolute atomic E-state index is 0.416. The van der Waals surface area contributed by atoms with Crippen LogP contribution in [0.2, 0.25) is 0 Å². The molecule has 0 bridgehead atoms. The van der Waals surface area contributed by atoms with E-state index < -0.39 is 46.2 Å². The highest BCUT2D eigenvalue weighted by Crippen LogP contribution is 2.23. The van der Waals surface area contributed by atoms with Gasteiger partial charge < -0.3 is 4.74 Å². The Hall–Kier alpha value is -0.900. The number of carbonyl (C=O) groups excluding carboxylic acids is 1. The summed E-state index contributed by atoms with van der Waals surface area (Å²) in [7, 11) is -5.45. The van der Waals surface area contributed by atoms with E-state index in [0.717, 1.165) is 6.92 Å².